The number of aliphatic imine (C=N–C) groups is 1. The number of thioether (sulfide) groups is 2. The number of ether oxygens (including phenoxy) is 1. The van der Waals surface area contributed by atoms with Gasteiger partial charge in [-0.25, -0.2) is 0 Å². The Morgan fingerprint density at radius 3 is 2.79 bits per heavy atom. The molecule has 3 rings (SSSR count). The number of amides is 1. The number of anilines is 1. The van der Waals surface area contributed by atoms with Crippen LogP contribution in [0, 0.1) is 0 Å². The second-order valence-electron chi connectivity index (χ2n) is 6.30. The number of carboxylic acid groups (broad SMARTS) is 1. The number of halogens is 1. The fourth-order valence-electron chi connectivity index (χ4n) is 2.89. The minimum absolute atomic E-state index is 0. The van der Waals surface area contributed by atoms with E-state index in [2.05, 4.69) is 15.2 Å². The number of fused-ring (bicyclic) bond motifs is 1. The number of rotatable bonds is 9. The predicted molar refractivity (Wildman–Crippen MR) is 120 cm³/mol. The quantitative estimate of drug-likeness (QED) is 0.431. The van der Waals surface area contributed by atoms with Gasteiger partial charge in [0.15, 0.2) is 5.17 Å². The van der Waals surface area contributed by atoms with Gasteiger partial charge in [0, 0.05) is 37.2 Å². The minimum atomic E-state index is -0.771. The highest BCUT2D eigenvalue weighted by Crippen LogP contribution is 2.37. The third-order valence-corrected chi connectivity index (χ3v) is 6.46. The van der Waals surface area contributed by atoms with Gasteiger partial charge in [-0.05, 0) is 54.6 Å². The van der Waals surface area contributed by atoms with E-state index in [-0.39, 0.29) is 24.7 Å². The maximum Gasteiger partial charge on any atom is 0.303 e. The molecule has 0 atom stereocenters. The van der Waals surface area contributed by atoms with E-state index >= 15 is 0 Å². The second-order valence-corrected chi connectivity index (χ2v) is 8.45. The lowest BCUT2D eigenvalue weighted by molar-refractivity contribution is -0.137. The monoisotopic (exact) mass is 457 g/mol. The first-order valence-electron chi connectivity index (χ1n) is 9.06. The van der Waals surface area contributed by atoms with Gasteiger partial charge in [0.05, 0.1) is 12.3 Å². The number of carbonyl (C=O) groups excluding carboxylic acids is 1. The average molecular weight is 458 g/mol. The highest BCUT2D eigenvalue weighted by Gasteiger charge is 2.34. The standard InChI is InChI=1S/C19H23N3O4S2.ClH/c1-26-12-15-17(28-19-20-9-3-10-22(15)19)18(25)21-13-5-7-14(8-6-13)27-11-2-4-16(23)24;/h5-8H,2-4,9-12H2,1H3,(H,21,25)(H,23,24);1H. The molecule has 1 amide bonds. The highest BCUT2D eigenvalue weighted by atomic mass is 35.5. The van der Waals surface area contributed by atoms with Crippen LogP contribution in [0.25, 0.3) is 0 Å². The molecule has 0 saturated heterocycles. The second kappa shape index (κ2) is 11.5. The van der Waals surface area contributed by atoms with Crippen LogP contribution in [0.1, 0.15) is 19.3 Å². The van der Waals surface area contributed by atoms with E-state index in [0.29, 0.717) is 17.9 Å². The summed E-state index contributed by atoms with van der Waals surface area (Å²) in [4.78, 5) is 31.6. The fraction of sp³-hybridized carbons (Fsp3) is 0.421. The summed E-state index contributed by atoms with van der Waals surface area (Å²) in [5, 5.41) is 12.5. The number of amidine groups is 1. The van der Waals surface area contributed by atoms with Crippen molar-refractivity contribution < 1.29 is 19.4 Å². The molecule has 0 unspecified atom stereocenters. The Bertz CT molecular complexity index is 799. The smallest absolute Gasteiger partial charge is 0.303 e. The Morgan fingerprint density at radius 2 is 2.10 bits per heavy atom. The molecule has 2 aliphatic rings. The van der Waals surface area contributed by atoms with Crippen LogP contribution >= 0.6 is 35.9 Å². The van der Waals surface area contributed by atoms with Crippen LogP contribution in [-0.2, 0) is 14.3 Å². The molecule has 1 aromatic carbocycles. The number of hydrogen-bond donors (Lipinski definition) is 2. The summed E-state index contributed by atoms with van der Waals surface area (Å²) in [6.45, 7) is 2.02. The molecule has 0 fully saturated rings. The van der Waals surface area contributed by atoms with E-state index in [1.54, 1.807) is 18.9 Å². The number of nitrogens with one attached hydrogen (secondary N) is 1. The molecular weight excluding hydrogens is 434 g/mol. The van der Waals surface area contributed by atoms with Gasteiger partial charge in [-0.1, -0.05) is 0 Å². The van der Waals surface area contributed by atoms with Crippen molar-refractivity contribution in [1.29, 1.82) is 0 Å². The van der Waals surface area contributed by atoms with Crippen molar-refractivity contribution >= 4 is 58.7 Å². The summed E-state index contributed by atoms with van der Waals surface area (Å²) in [7, 11) is 1.62. The van der Waals surface area contributed by atoms with E-state index in [1.165, 1.54) is 11.8 Å². The third-order valence-electron chi connectivity index (χ3n) is 4.20. The zero-order valence-electron chi connectivity index (χ0n) is 16.1. The SMILES string of the molecule is COCC1=C(C(=O)Nc2ccc(SCCCC(=O)O)cc2)SC2=NCCCN21.Cl. The first-order valence-corrected chi connectivity index (χ1v) is 10.9. The molecule has 0 aliphatic carbocycles. The zero-order chi connectivity index (χ0) is 19.9. The van der Waals surface area contributed by atoms with E-state index < -0.39 is 5.97 Å². The van der Waals surface area contributed by atoms with Crippen molar-refractivity contribution in [2.75, 3.05) is 37.9 Å². The van der Waals surface area contributed by atoms with Gasteiger partial charge in [-0.3, -0.25) is 14.6 Å². The van der Waals surface area contributed by atoms with Gasteiger partial charge < -0.3 is 20.1 Å². The van der Waals surface area contributed by atoms with Gasteiger partial charge >= 0.3 is 5.97 Å². The van der Waals surface area contributed by atoms with Crippen LogP contribution in [0.3, 0.4) is 0 Å². The lowest BCUT2D eigenvalue weighted by atomic mass is 10.2. The number of hydrogen-bond acceptors (Lipinski definition) is 7. The molecule has 158 valence electrons. The number of aliphatic carboxylic acids is 1. The van der Waals surface area contributed by atoms with Crippen LogP contribution in [0.5, 0.6) is 0 Å². The fourth-order valence-corrected chi connectivity index (χ4v) is 4.82. The molecule has 0 spiro atoms. The van der Waals surface area contributed by atoms with Crippen LogP contribution in [0.15, 0.2) is 44.8 Å². The van der Waals surface area contributed by atoms with Gasteiger partial charge in [-0.15, -0.1) is 24.2 Å². The van der Waals surface area contributed by atoms with Crippen LogP contribution in [0.2, 0.25) is 0 Å². The van der Waals surface area contributed by atoms with Crippen molar-refractivity contribution in [2.24, 2.45) is 4.99 Å². The maximum absolute atomic E-state index is 12.8. The highest BCUT2D eigenvalue weighted by molar-refractivity contribution is 8.18. The van der Waals surface area contributed by atoms with Crippen molar-refractivity contribution in [3.8, 4) is 0 Å². The molecule has 0 bridgehead atoms. The minimum Gasteiger partial charge on any atom is -0.481 e. The van der Waals surface area contributed by atoms with Gasteiger partial charge in [0.25, 0.3) is 5.91 Å². The Kier molecular flexibility index (Phi) is 9.35. The number of carbonyl (C=O) groups is 2. The Labute approximate surface area is 184 Å². The molecule has 0 aromatic heterocycles. The largest absolute Gasteiger partial charge is 0.481 e. The molecular formula is C19H24ClN3O4S2. The van der Waals surface area contributed by atoms with E-state index in [9.17, 15) is 9.59 Å². The van der Waals surface area contributed by atoms with Gasteiger partial charge in [0.2, 0.25) is 0 Å². The molecule has 2 aliphatic heterocycles. The summed E-state index contributed by atoms with van der Waals surface area (Å²) in [6, 6.07) is 7.58. The third kappa shape index (κ3) is 6.40. The Balaban J connectivity index is 0.00000300. The Morgan fingerprint density at radius 1 is 1.34 bits per heavy atom. The number of benzene rings is 1. The van der Waals surface area contributed by atoms with Crippen molar-refractivity contribution in [2.45, 2.75) is 24.2 Å². The van der Waals surface area contributed by atoms with E-state index in [1.807, 2.05) is 24.3 Å². The molecule has 29 heavy (non-hydrogen) atoms. The summed E-state index contributed by atoms with van der Waals surface area (Å²) < 4.78 is 5.30. The summed E-state index contributed by atoms with van der Waals surface area (Å²) in [5.41, 5.74) is 1.59. The molecule has 0 saturated carbocycles. The molecule has 1 aromatic rings. The van der Waals surface area contributed by atoms with Crippen molar-refractivity contribution in [3.63, 3.8) is 0 Å². The lowest BCUT2D eigenvalue weighted by Gasteiger charge is -2.24. The van der Waals surface area contributed by atoms with Crippen molar-refractivity contribution in [1.82, 2.24) is 4.90 Å². The lowest BCUT2D eigenvalue weighted by Crippen LogP contribution is -2.31. The summed E-state index contributed by atoms with van der Waals surface area (Å²) in [5.74, 6) is -0.177. The molecule has 7 nitrogen and oxygen atoms in total. The number of carboxylic acids is 1. The van der Waals surface area contributed by atoms with Gasteiger partial charge in [0.1, 0.15) is 4.91 Å². The first kappa shape index (κ1) is 23.6. The van der Waals surface area contributed by atoms with Crippen molar-refractivity contribution in [3.05, 3.63) is 34.9 Å². The Hall–Kier alpha value is -1.68. The topological polar surface area (TPSA) is 91.2 Å². The summed E-state index contributed by atoms with van der Waals surface area (Å²) >= 11 is 3.01. The normalized spacial score (nSPS) is 15.5. The average Bonchev–Trinajstić information content (AvgIpc) is 3.05. The first-order chi connectivity index (χ1) is 13.6. The van der Waals surface area contributed by atoms with Gasteiger partial charge in [-0.2, -0.15) is 0 Å². The molecule has 2 N–H and O–H groups in total. The number of nitrogens with zero attached hydrogens (tertiary/aromatic N) is 2. The van der Waals surface area contributed by atoms with Crippen LogP contribution < -0.4 is 5.32 Å². The summed E-state index contributed by atoms with van der Waals surface area (Å²) in [6.07, 6.45) is 1.78. The van der Waals surface area contributed by atoms with E-state index in [0.717, 1.165) is 46.7 Å². The predicted octanol–water partition coefficient (Wildman–Crippen LogP) is 3.67. The molecule has 0 radical (unpaired) electrons. The van der Waals surface area contributed by atoms with Crippen LogP contribution in [-0.4, -0.2) is 59.6 Å². The molecule has 10 heteroatoms. The molecule has 2 heterocycles. The maximum atomic E-state index is 12.8. The van der Waals surface area contributed by atoms with E-state index in [4.69, 9.17) is 9.84 Å². The number of methoxy groups -OCH3 is 1. The van der Waals surface area contributed by atoms with Crippen LogP contribution in [0.4, 0.5) is 5.69 Å². The zero-order valence-corrected chi connectivity index (χ0v) is 18.5.